The molecule has 2 aromatic rings. The van der Waals surface area contributed by atoms with Gasteiger partial charge in [-0.05, 0) is 24.3 Å². The monoisotopic (exact) mass is 386 g/mol. The van der Waals surface area contributed by atoms with Crippen LogP contribution in [-0.2, 0) is 17.8 Å². The summed E-state index contributed by atoms with van der Waals surface area (Å²) in [5.74, 6) is 1.82. The first-order chi connectivity index (χ1) is 13.6. The number of carbonyl (C=O) groups excluding carboxylic acids is 1. The molecule has 3 rings (SSSR count). The lowest BCUT2D eigenvalue weighted by Gasteiger charge is -2.31. The maximum absolute atomic E-state index is 12.3. The molecule has 0 aliphatic carbocycles. The number of amides is 2. The number of piperidine rings is 1. The Hall–Kier alpha value is -2.41. The van der Waals surface area contributed by atoms with Crippen LogP contribution in [-0.4, -0.2) is 47.3 Å². The van der Waals surface area contributed by atoms with Gasteiger partial charge in [0.05, 0.1) is 19.1 Å². The second-order valence-corrected chi connectivity index (χ2v) is 7.70. The van der Waals surface area contributed by atoms with Gasteiger partial charge in [-0.25, -0.2) is 4.79 Å². The second kappa shape index (κ2) is 10.2. The lowest BCUT2D eigenvalue weighted by Crippen LogP contribution is -2.45. The Balaban J connectivity index is 1.44. The minimum absolute atomic E-state index is 0.00699. The van der Waals surface area contributed by atoms with Crippen molar-refractivity contribution in [3.63, 3.8) is 0 Å². The Labute approximate surface area is 166 Å². The van der Waals surface area contributed by atoms with Crippen LogP contribution in [0.1, 0.15) is 49.9 Å². The van der Waals surface area contributed by atoms with Crippen LogP contribution in [0.5, 0.6) is 0 Å². The third kappa shape index (κ3) is 6.05. The van der Waals surface area contributed by atoms with E-state index in [-0.39, 0.29) is 11.9 Å². The predicted octanol–water partition coefficient (Wildman–Crippen LogP) is 3.37. The number of hydrogen-bond donors (Lipinski definition) is 1. The van der Waals surface area contributed by atoms with Crippen LogP contribution in [0.4, 0.5) is 4.79 Å². The fourth-order valence-corrected chi connectivity index (χ4v) is 3.23. The first-order valence-corrected chi connectivity index (χ1v) is 10.1. The number of benzene rings is 1. The lowest BCUT2D eigenvalue weighted by molar-refractivity contribution is 0.122. The number of nitrogens with one attached hydrogen (secondary N) is 1. The lowest BCUT2D eigenvalue weighted by atomic mass is 9.98. The van der Waals surface area contributed by atoms with Crippen molar-refractivity contribution in [2.24, 2.45) is 5.92 Å². The van der Waals surface area contributed by atoms with Gasteiger partial charge in [0.25, 0.3) is 0 Å². The van der Waals surface area contributed by atoms with Crippen molar-refractivity contribution in [2.75, 3.05) is 26.2 Å². The van der Waals surface area contributed by atoms with E-state index in [0.29, 0.717) is 50.4 Å². The van der Waals surface area contributed by atoms with Gasteiger partial charge >= 0.3 is 6.03 Å². The van der Waals surface area contributed by atoms with Crippen LogP contribution >= 0.6 is 0 Å². The van der Waals surface area contributed by atoms with Gasteiger partial charge in [-0.2, -0.15) is 4.98 Å². The molecule has 7 nitrogen and oxygen atoms in total. The zero-order valence-corrected chi connectivity index (χ0v) is 16.8. The molecule has 0 bridgehead atoms. The van der Waals surface area contributed by atoms with Crippen LogP contribution < -0.4 is 5.32 Å². The summed E-state index contributed by atoms with van der Waals surface area (Å²) in [6.45, 7) is 7.38. The molecule has 1 fully saturated rings. The summed E-state index contributed by atoms with van der Waals surface area (Å²) in [6.07, 6.45) is 2.51. The van der Waals surface area contributed by atoms with Crippen molar-refractivity contribution >= 4 is 6.03 Å². The Morgan fingerprint density at radius 1 is 1.36 bits per heavy atom. The van der Waals surface area contributed by atoms with E-state index in [1.54, 1.807) is 0 Å². The van der Waals surface area contributed by atoms with E-state index in [1.165, 1.54) is 0 Å². The second-order valence-electron chi connectivity index (χ2n) is 7.70. The average Bonchev–Trinajstić information content (AvgIpc) is 3.19. The van der Waals surface area contributed by atoms with Crippen molar-refractivity contribution < 1.29 is 14.1 Å². The number of urea groups is 1. The summed E-state index contributed by atoms with van der Waals surface area (Å²) in [5.41, 5.74) is 1.15. The van der Waals surface area contributed by atoms with Crippen molar-refractivity contribution in [1.82, 2.24) is 20.4 Å². The molecule has 2 amide bonds. The van der Waals surface area contributed by atoms with E-state index in [9.17, 15) is 4.79 Å². The van der Waals surface area contributed by atoms with Crippen LogP contribution in [0.25, 0.3) is 0 Å². The number of carbonyl (C=O) groups is 1. The third-order valence-electron chi connectivity index (χ3n) is 4.78. The van der Waals surface area contributed by atoms with Gasteiger partial charge in [0.2, 0.25) is 5.89 Å². The number of nitrogens with zero attached hydrogens (tertiary/aromatic N) is 3. The van der Waals surface area contributed by atoms with Gasteiger partial charge in [0.1, 0.15) is 0 Å². The quantitative estimate of drug-likeness (QED) is 0.704. The van der Waals surface area contributed by atoms with Crippen LogP contribution in [0, 0.1) is 5.92 Å². The summed E-state index contributed by atoms with van der Waals surface area (Å²) in [6, 6.07) is 10.1. The number of ether oxygens (including phenoxy) is 1. The van der Waals surface area contributed by atoms with Gasteiger partial charge in [-0.15, -0.1) is 0 Å². The highest BCUT2D eigenvalue weighted by Crippen LogP contribution is 2.25. The van der Waals surface area contributed by atoms with E-state index >= 15 is 0 Å². The topological polar surface area (TPSA) is 80.5 Å². The standard InChI is InChI=1S/C21H30N4O3/c1-16(2)13-22-21(26)25-11-6-9-18(14-25)20-23-19(24-28-20)10-12-27-15-17-7-4-3-5-8-17/h3-5,7-8,16,18H,6,9-15H2,1-2H3,(H,22,26). The molecule has 1 aromatic carbocycles. The minimum Gasteiger partial charge on any atom is -0.376 e. The molecule has 152 valence electrons. The Kier molecular flexibility index (Phi) is 7.42. The van der Waals surface area contributed by atoms with Crippen molar-refractivity contribution in [3.8, 4) is 0 Å². The smallest absolute Gasteiger partial charge is 0.317 e. The zero-order valence-electron chi connectivity index (χ0n) is 16.8. The van der Waals surface area contributed by atoms with Crippen molar-refractivity contribution in [3.05, 3.63) is 47.6 Å². The van der Waals surface area contributed by atoms with E-state index in [0.717, 1.165) is 24.9 Å². The number of likely N-dealkylation sites (tertiary alicyclic amines) is 1. The Bertz CT molecular complexity index is 732. The van der Waals surface area contributed by atoms with Crippen LogP contribution in [0.2, 0.25) is 0 Å². The Morgan fingerprint density at radius 3 is 2.96 bits per heavy atom. The van der Waals surface area contributed by atoms with Gasteiger partial charge in [-0.1, -0.05) is 49.3 Å². The average molecular weight is 386 g/mol. The first-order valence-electron chi connectivity index (χ1n) is 10.1. The van der Waals surface area contributed by atoms with E-state index in [2.05, 4.69) is 29.3 Å². The molecule has 1 N–H and O–H groups in total. The maximum atomic E-state index is 12.3. The van der Waals surface area contributed by atoms with E-state index in [4.69, 9.17) is 9.26 Å². The van der Waals surface area contributed by atoms with Gasteiger partial charge in [0, 0.05) is 26.1 Å². The van der Waals surface area contributed by atoms with Crippen LogP contribution in [0.3, 0.4) is 0 Å². The summed E-state index contributed by atoms with van der Waals surface area (Å²) >= 11 is 0. The van der Waals surface area contributed by atoms with Crippen LogP contribution in [0.15, 0.2) is 34.9 Å². The van der Waals surface area contributed by atoms with Crippen molar-refractivity contribution in [2.45, 2.75) is 45.6 Å². The summed E-state index contributed by atoms with van der Waals surface area (Å²) in [5, 5.41) is 7.06. The fraction of sp³-hybridized carbons (Fsp3) is 0.571. The normalized spacial score (nSPS) is 17.1. The highest BCUT2D eigenvalue weighted by molar-refractivity contribution is 5.74. The van der Waals surface area contributed by atoms with Crippen molar-refractivity contribution in [1.29, 1.82) is 0 Å². The number of aromatic nitrogens is 2. The highest BCUT2D eigenvalue weighted by Gasteiger charge is 2.28. The molecule has 1 saturated heterocycles. The zero-order chi connectivity index (χ0) is 19.8. The summed E-state index contributed by atoms with van der Waals surface area (Å²) in [4.78, 5) is 18.7. The molecule has 2 heterocycles. The largest absolute Gasteiger partial charge is 0.376 e. The molecule has 1 unspecified atom stereocenters. The molecule has 1 aliphatic heterocycles. The molecular weight excluding hydrogens is 356 g/mol. The number of rotatable bonds is 8. The molecule has 0 saturated carbocycles. The Morgan fingerprint density at radius 2 is 2.18 bits per heavy atom. The van der Waals surface area contributed by atoms with Gasteiger partial charge in [-0.3, -0.25) is 0 Å². The maximum Gasteiger partial charge on any atom is 0.317 e. The molecule has 1 atom stereocenters. The summed E-state index contributed by atoms with van der Waals surface area (Å²) < 4.78 is 11.2. The van der Waals surface area contributed by atoms with Gasteiger partial charge in [0.15, 0.2) is 5.82 Å². The molecule has 0 spiro atoms. The third-order valence-corrected chi connectivity index (χ3v) is 4.78. The molecular formula is C21H30N4O3. The molecule has 0 radical (unpaired) electrons. The van der Waals surface area contributed by atoms with Gasteiger partial charge < -0.3 is 19.5 Å². The SMILES string of the molecule is CC(C)CNC(=O)N1CCCC(c2nc(CCOCc3ccccc3)no2)C1. The molecule has 1 aromatic heterocycles. The summed E-state index contributed by atoms with van der Waals surface area (Å²) in [7, 11) is 0. The first kappa shape index (κ1) is 20.3. The molecule has 1 aliphatic rings. The molecule has 7 heteroatoms. The highest BCUT2D eigenvalue weighted by atomic mass is 16.5. The molecule has 28 heavy (non-hydrogen) atoms. The minimum atomic E-state index is -0.00699. The predicted molar refractivity (Wildman–Crippen MR) is 106 cm³/mol. The number of hydrogen-bond acceptors (Lipinski definition) is 5. The van der Waals surface area contributed by atoms with E-state index < -0.39 is 0 Å². The van der Waals surface area contributed by atoms with E-state index in [1.807, 2.05) is 35.2 Å². The fourth-order valence-electron chi connectivity index (χ4n) is 3.23.